The molecule has 20 heavy (non-hydrogen) atoms. The standard InChI is InChI=1S/C16H19NO3/c1-16(2,3)20-15(19)17-14-9-8-11(10-18)12-6-4-5-7-13(12)14/h4-9,18H,10H2,1-3H3,(H,17,19). The molecule has 0 unspecified atom stereocenters. The summed E-state index contributed by atoms with van der Waals surface area (Å²) in [5.74, 6) is 0. The SMILES string of the molecule is CC(C)(C)OC(=O)Nc1ccc(CO)c2ccccc12. The number of benzene rings is 2. The molecule has 0 aliphatic heterocycles. The topological polar surface area (TPSA) is 58.6 Å². The third-order valence-corrected chi connectivity index (χ3v) is 2.82. The van der Waals surface area contributed by atoms with Gasteiger partial charge in [0.1, 0.15) is 5.60 Å². The van der Waals surface area contributed by atoms with Crippen LogP contribution in [0.1, 0.15) is 26.3 Å². The van der Waals surface area contributed by atoms with Gasteiger partial charge >= 0.3 is 6.09 Å². The summed E-state index contributed by atoms with van der Waals surface area (Å²) in [6.45, 7) is 5.42. The number of amides is 1. The van der Waals surface area contributed by atoms with Gasteiger partial charge in [0.2, 0.25) is 0 Å². The normalized spacial score (nSPS) is 11.4. The predicted octanol–water partition coefficient (Wildman–Crippen LogP) is 3.68. The van der Waals surface area contributed by atoms with Crippen LogP contribution in [0.2, 0.25) is 0 Å². The van der Waals surface area contributed by atoms with E-state index in [0.717, 1.165) is 16.3 Å². The number of ether oxygens (including phenoxy) is 1. The Labute approximate surface area is 118 Å². The van der Waals surface area contributed by atoms with Gasteiger partial charge in [-0.05, 0) is 37.8 Å². The zero-order valence-corrected chi connectivity index (χ0v) is 11.9. The first-order valence-corrected chi connectivity index (χ1v) is 6.52. The summed E-state index contributed by atoms with van der Waals surface area (Å²) in [5.41, 5.74) is 0.965. The molecule has 0 saturated carbocycles. The lowest BCUT2D eigenvalue weighted by Gasteiger charge is -2.20. The van der Waals surface area contributed by atoms with E-state index in [0.29, 0.717) is 5.69 Å². The summed E-state index contributed by atoms with van der Waals surface area (Å²) in [7, 11) is 0. The van der Waals surface area contributed by atoms with Crippen molar-refractivity contribution in [1.29, 1.82) is 0 Å². The highest BCUT2D eigenvalue weighted by Crippen LogP contribution is 2.27. The average molecular weight is 273 g/mol. The lowest BCUT2D eigenvalue weighted by Crippen LogP contribution is -2.27. The van der Waals surface area contributed by atoms with Crippen LogP contribution in [-0.2, 0) is 11.3 Å². The fraction of sp³-hybridized carbons (Fsp3) is 0.312. The fourth-order valence-corrected chi connectivity index (χ4v) is 2.02. The molecule has 2 aromatic rings. The molecule has 0 heterocycles. The number of carbonyl (C=O) groups excluding carboxylic acids is 1. The van der Waals surface area contributed by atoms with Crippen molar-refractivity contribution in [3.05, 3.63) is 42.0 Å². The van der Waals surface area contributed by atoms with Crippen LogP contribution < -0.4 is 5.32 Å². The molecule has 0 aromatic heterocycles. The van der Waals surface area contributed by atoms with Gasteiger partial charge in [-0.1, -0.05) is 30.3 Å². The Bertz CT molecular complexity index is 629. The number of hydrogen-bond acceptors (Lipinski definition) is 3. The van der Waals surface area contributed by atoms with Crippen molar-refractivity contribution in [3.8, 4) is 0 Å². The second-order valence-electron chi connectivity index (χ2n) is 5.60. The number of rotatable bonds is 2. The van der Waals surface area contributed by atoms with Crippen molar-refractivity contribution in [1.82, 2.24) is 0 Å². The Hall–Kier alpha value is -2.07. The van der Waals surface area contributed by atoms with Crippen molar-refractivity contribution in [2.24, 2.45) is 0 Å². The Morgan fingerprint density at radius 3 is 2.40 bits per heavy atom. The molecule has 0 saturated heterocycles. The first-order valence-electron chi connectivity index (χ1n) is 6.52. The third kappa shape index (κ3) is 3.27. The molecular weight excluding hydrogens is 254 g/mol. The van der Waals surface area contributed by atoms with E-state index in [4.69, 9.17) is 4.74 Å². The van der Waals surface area contributed by atoms with E-state index in [-0.39, 0.29) is 6.61 Å². The quantitative estimate of drug-likeness (QED) is 0.877. The summed E-state index contributed by atoms with van der Waals surface area (Å²) < 4.78 is 5.25. The van der Waals surface area contributed by atoms with Crippen molar-refractivity contribution in [2.45, 2.75) is 33.0 Å². The molecule has 2 aromatic carbocycles. The van der Waals surface area contributed by atoms with Crippen molar-refractivity contribution in [3.63, 3.8) is 0 Å². The molecule has 106 valence electrons. The maximum atomic E-state index is 11.8. The van der Waals surface area contributed by atoms with E-state index in [1.165, 1.54) is 0 Å². The number of aliphatic hydroxyl groups excluding tert-OH is 1. The second-order valence-corrected chi connectivity index (χ2v) is 5.60. The minimum absolute atomic E-state index is 0.0345. The molecular formula is C16H19NO3. The molecule has 0 atom stereocenters. The van der Waals surface area contributed by atoms with Gasteiger partial charge in [-0.3, -0.25) is 5.32 Å². The van der Waals surface area contributed by atoms with Gasteiger partial charge in [0.05, 0.1) is 12.3 Å². The number of fused-ring (bicyclic) bond motifs is 1. The lowest BCUT2D eigenvalue weighted by atomic mass is 10.0. The van der Waals surface area contributed by atoms with Gasteiger partial charge in [0.25, 0.3) is 0 Å². The summed E-state index contributed by atoms with van der Waals surface area (Å²) in [6.07, 6.45) is -0.487. The third-order valence-electron chi connectivity index (χ3n) is 2.82. The van der Waals surface area contributed by atoms with Crippen molar-refractivity contribution >= 4 is 22.6 Å². The number of aliphatic hydroxyl groups is 1. The van der Waals surface area contributed by atoms with Gasteiger partial charge in [0.15, 0.2) is 0 Å². The largest absolute Gasteiger partial charge is 0.444 e. The minimum atomic E-state index is -0.537. The molecule has 0 radical (unpaired) electrons. The van der Waals surface area contributed by atoms with Crippen molar-refractivity contribution in [2.75, 3.05) is 5.32 Å². The smallest absolute Gasteiger partial charge is 0.412 e. The highest BCUT2D eigenvalue weighted by molar-refractivity contribution is 6.01. The number of nitrogens with one attached hydrogen (secondary N) is 1. The summed E-state index contributed by atoms with van der Waals surface area (Å²) in [4.78, 5) is 11.8. The lowest BCUT2D eigenvalue weighted by molar-refractivity contribution is 0.0636. The first-order chi connectivity index (χ1) is 9.40. The zero-order valence-electron chi connectivity index (χ0n) is 11.9. The maximum Gasteiger partial charge on any atom is 0.412 e. The Balaban J connectivity index is 2.34. The molecule has 4 nitrogen and oxygen atoms in total. The molecule has 2 N–H and O–H groups in total. The monoisotopic (exact) mass is 273 g/mol. The van der Waals surface area contributed by atoms with E-state index in [1.807, 2.05) is 45.0 Å². The molecule has 2 rings (SSSR count). The predicted molar refractivity (Wildman–Crippen MR) is 79.7 cm³/mol. The van der Waals surface area contributed by atoms with Crippen molar-refractivity contribution < 1.29 is 14.6 Å². The second kappa shape index (κ2) is 5.51. The van der Waals surface area contributed by atoms with E-state index in [1.54, 1.807) is 12.1 Å². The summed E-state index contributed by atoms with van der Waals surface area (Å²) in [5, 5.41) is 13.9. The molecule has 0 bridgehead atoms. The number of carbonyl (C=O) groups is 1. The van der Waals surface area contributed by atoms with E-state index < -0.39 is 11.7 Å². The van der Waals surface area contributed by atoms with E-state index >= 15 is 0 Å². The molecule has 0 aliphatic rings. The minimum Gasteiger partial charge on any atom is -0.444 e. The van der Waals surface area contributed by atoms with Gasteiger partial charge in [-0.25, -0.2) is 4.79 Å². The molecule has 0 aliphatic carbocycles. The summed E-state index contributed by atoms with van der Waals surface area (Å²) in [6, 6.07) is 11.2. The summed E-state index contributed by atoms with van der Waals surface area (Å²) >= 11 is 0. The Morgan fingerprint density at radius 1 is 1.15 bits per heavy atom. The Kier molecular flexibility index (Phi) is 3.95. The Morgan fingerprint density at radius 2 is 1.80 bits per heavy atom. The fourth-order valence-electron chi connectivity index (χ4n) is 2.02. The van der Waals surface area contributed by atoms with Gasteiger partial charge < -0.3 is 9.84 Å². The van der Waals surface area contributed by atoms with Gasteiger partial charge in [0, 0.05) is 5.39 Å². The van der Waals surface area contributed by atoms with Crippen LogP contribution in [0.25, 0.3) is 10.8 Å². The van der Waals surface area contributed by atoms with Crippen LogP contribution in [0.4, 0.5) is 10.5 Å². The average Bonchev–Trinajstić information content (AvgIpc) is 2.37. The van der Waals surface area contributed by atoms with Crippen LogP contribution >= 0.6 is 0 Å². The highest BCUT2D eigenvalue weighted by Gasteiger charge is 2.17. The molecule has 0 spiro atoms. The molecule has 1 amide bonds. The maximum absolute atomic E-state index is 11.8. The van der Waals surface area contributed by atoms with Crippen LogP contribution in [0.5, 0.6) is 0 Å². The molecule has 0 fully saturated rings. The zero-order chi connectivity index (χ0) is 14.8. The highest BCUT2D eigenvalue weighted by atomic mass is 16.6. The number of hydrogen-bond donors (Lipinski definition) is 2. The number of anilines is 1. The van der Waals surface area contributed by atoms with E-state index in [9.17, 15) is 9.90 Å². The molecule has 4 heteroatoms. The first kappa shape index (κ1) is 14.3. The van der Waals surface area contributed by atoms with Crippen LogP contribution in [-0.4, -0.2) is 16.8 Å². The van der Waals surface area contributed by atoms with Crippen LogP contribution in [0, 0.1) is 0 Å². The van der Waals surface area contributed by atoms with Gasteiger partial charge in [-0.15, -0.1) is 0 Å². The van der Waals surface area contributed by atoms with E-state index in [2.05, 4.69) is 5.32 Å². The van der Waals surface area contributed by atoms with Crippen LogP contribution in [0.3, 0.4) is 0 Å². The van der Waals surface area contributed by atoms with Crippen LogP contribution in [0.15, 0.2) is 36.4 Å². The van der Waals surface area contributed by atoms with Gasteiger partial charge in [-0.2, -0.15) is 0 Å².